The Morgan fingerprint density at radius 2 is 2.07 bits per heavy atom. The Morgan fingerprint density at radius 1 is 1.33 bits per heavy atom. The van der Waals surface area contributed by atoms with Gasteiger partial charge in [-0.25, -0.2) is 14.8 Å². The second kappa shape index (κ2) is 11.7. The number of hydrogen-bond donors (Lipinski definition) is 7. The van der Waals surface area contributed by atoms with Crippen LogP contribution in [0, 0.1) is 0 Å². The molecule has 0 spiro atoms. The third-order valence-corrected chi connectivity index (χ3v) is 6.90. The number of aliphatic imine (C=N–C) groups is 1. The molecule has 2 aliphatic rings. The van der Waals surface area contributed by atoms with Crippen molar-refractivity contribution < 1.29 is 39.4 Å². The lowest BCUT2D eigenvalue weighted by molar-refractivity contribution is -0.161. The molecule has 1 saturated heterocycles. The summed E-state index contributed by atoms with van der Waals surface area (Å²) in [5.74, 6) is -4.06. The Labute approximate surface area is 240 Å². The minimum absolute atomic E-state index is 0.141. The van der Waals surface area contributed by atoms with Crippen molar-refractivity contribution in [2.75, 3.05) is 12.3 Å². The molecule has 0 saturated carbocycles. The average molecular weight is 604 g/mol. The summed E-state index contributed by atoms with van der Waals surface area (Å²) in [6, 6.07) is -0.524. The number of carbonyl (C=O) groups excluding carboxylic acids is 3. The Morgan fingerprint density at radius 3 is 2.71 bits per heavy atom. The van der Waals surface area contributed by atoms with Gasteiger partial charge in [0, 0.05) is 24.6 Å². The zero-order valence-corrected chi connectivity index (χ0v) is 22.8. The second-order valence-electron chi connectivity index (χ2n) is 9.47. The lowest BCUT2D eigenvalue weighted by Gasteiger charge is -2.37. The number of thioether (sulfide) groups is 1. The minimum atomic E-state index is -1.76. The third kappa shape index (κ3) is 6.40. The number of oxime groups is 1. The number of aromatic hydroxyl groups is 1. The van der Waals surface area contributed by atoms with Crippen LogP contribution in [0.1, 0.15) is 24.3 Å². The van der Waals surface area contributed by atoms with Gasteiger partial charge >= 0.3 is 5.97 Å². The Balaban J connectivity index is 1.42. The summed E-state index contributed by atoms with van der Waals surface area (Å²) in [7, 11) is 0. The maximum atomic E-state index is 13.1. The number of pyridine rings is 1. The highest BCUT2D eigenvalue weighted by molar-refractivity contribution is 8.14. The number of hydrogen-bond acceptors (Lipinski definition) is 14. The quantitative estimate of drug-likeness (QED) is 0.0648. The van der Waals surface area contributed by atoms with Gasteiger partial charge < -0.3 is 41.9 Å². The molecule has 42 heavy (non-hydrogen) atoms. The van der Waals surface area contributed by atoms with Crippen LogP contribution in [0.15, 0.2) is 39.5 Å². The molecule has 1 unspecified atom stereocenters. The van der Waals surface area contributed by atoms with Gasteiger partial charge in [-0.3, -0.25) is 24.2 Å². The number of amidine groups is 1. The minimum Gasteiger partial charge on any atom is -0.503 e. The van der Waals surface area contributed by atoms with Crippen LogP contribution in [-0.2, 0) is 19.2 Å². The molecule has 18 nitrogen and oxygen atoms in total. The van der Waals surface area contributed by atoms with E-state index in [0.717, 1.165) is 24.0 Å². The van der Waals surface area contributed by atoms with E-state index in [-0.39, 0.29) is 40.4 Å². The molecule has 0 aromatic carbocycles. The van der Waals surface area contributed by atoms with Crippen LogP contribution < -0.4 is 27.1 Å². The topological polar surface area (TPSA) is 273 Å². The molecule has 19 heteroatoms. The molecule has 4 rings (SSSR count). The smallest absolute Gasteiger partial charge is 0.350 e. The molecule has 4 heterocycles. The Bertz CT molecular complexity index is 1570. The molecule has 0 bridgehead atoms. The van der Waals surface area contributed by atoms with Gasteiger partial charge in [-0.2, -0.15) is 4.73 Å². The highest BCUT2D eigenvalue weighted by Crippen LogP contribution is 2.19. The predicted molar refractivity (Wildman–Crippen MR) is 145 cm³/mol. The van der Waals surface area contributed by atoms with Crippen LogP contribution in [0.4, 0.5) is 0 Å². The van der Waals surface area contributed by atoms with Crippen molar-refractivity contribution in [1.29, 1.82) is 0 Å². The SMILES string of the molecule is CC(C)(O/N=C(\C(=O)N[C@@H]1C(=O)N[C@@H]1CNC(=O)c1ccnc(-c2cc(=O)c(O)cn2O)n1)C1CSC(N)=N1)C(=O)O. The van der Waals surface area contributed by atoms with Crippen molar-refractivity contribution in [3.63, 3.8) is 0 Å². The normalized spacial score (nSPS) is 20.1. The monoisotopic (exact) mass is 603 g/mol. The summed E-state index contributed by atoms with van der Waals surface area (Å²) >= 11 is 1.16. The molecule has 1 fully saturated rings. The van der Waals surface area contributed by atoms with E-state index in [2.05, 4.69) is 36.1 Å². The molecule has 3 amide bonds. The number of carboxylic acids is 1. The summed E-state index contributed by atoms with van der Waals surface area (Å²) < 4.78 is 0.431. The van der Waals surface area contributed by atoms with Crippen molar-refractivity contribution in [2.24, 2.45) is 15.9 Å². The third-order valence-electron chi connectivity index (χ3n) is 6.02. The van der Waals surface area contributed by atoms with Crippen LogP contribution in [0.3, 0.4) is 0 Å². The van der Waals surface area contributed by atoms with Crippen LogP contribution in [0.5, 0.6) is 5.75 Å². The first-order valence-electron chi connectivity index (χ1n) is 12.1. The highest BCUT2D eigenvalue weighted by Gasteiger charge is 2.42. The van der Waals surface area contributed by atoms with E-state index in [4.69, 9.17) is 10.6 Å². The van der Waals surface area contributed by atoms with E-state index in [1.54, 1.807) is 0 Å². The lowest BCUT2D eigenvalue weighted by Crippen LogP contribution is -2.72. The molecular weight excluding hydrogens is 578 g/mol. The molecule has 2 aromatic heterocycles. The van der Waals surface area contributed by atoms with E-state index in [9.17, 15) is 39.4 Å². The molecule has 2 aliphatic heterocycles. The Kier molecular flexibility index (Phi) is 8.31. The molecule has 0 aliphatic carbocycles. The number of nitrogens with two attached hydrogens (primary N) is 1. The summed E-state index contributed by atoms with van der Waals surface area (Å²) in [5.41, 5.74) is 2.53. The number of β-lactam (4-membered cyclic amide) rings is 1. The highest BCUT2D eigenvalue weighted by atomic mass is 32.2. The van der Waals surface area contributed by atoms with Gasteiger partial charge in [-0.15, -0.1) is 0 Å². The maximum absolute atomic E-state index is 13.1. The van der Waals surface area contributed by atoms with Gasteiger partial charge in [0.2, 0.25) is 16.9 Å². The summed E-state index contributed by atoms with van der Waals surface area (Å²) in [5, 5.41) is 40.2. The fraction of sp³-hybridized carbons (Fsp3) is 0.348. The molecule has 3 atom stereocenters. The zero-order chi connectivity index (χ0) is 30.8. The average Bonchev–Trinajstić information content (AvgIpc) is 3.37. The summed E-state index contributed by atoms with van der Waals surface area (Å²) in [4.78, 5) is 78.4. The first-order chi connectivity index (χ1) is 19.8. The largest absolute Gasteiger partial charge is 0.503 e. The second-order valence-corrected chi connectivity index (χ2v) is 10.5. The zero-order valence-electron chi connectivity index (χ0n) is 22.0. The fourth-order valence-electron chi connectivity index (χ4n) is 3.56. The molecule has 222 valence electrons. The molecule has 0 radical (unpaired) electrons. The van der Waals surface area contributed by atoms with Gasteiger partial charge in [-0.05, 0) is 19.9 Å². The number of carbonyl (C=O) groups is 4. The fourth-order valence-corrected chi connectivity index (χ4v) is 4.33. The van der Waals surface area contributed by atoms with E-state index in [1.165, 1.54) is 26.1 Å². The number of nitrogens with one attached hydrogen (secondary N) is 3. The van der Waals surface area contributed by atoms with Crippen molar-refractivity contribution in [3.05, 3.63) is 40.4 Å². The van der Waals surface area contributed by atoms with Crippen molar-refractivity contribution >= 4 is 46.3 Å². The van der Waals surface area contributed by atoms with Gasteiger partial charge in [0.15, 0.2) is 22.5 Å². The van der Waals surface area contributed by atoms with Crippen molar-refractivity contribution in [1.82, 2.24) is 30.6 Å². The summed E-state index contributed by atoms with van der Waals surface area (Å²) in [6.45, 7) is 2.33. The standard InChI is InChI=1S/C23H25N9O9S/c1-23(2,21(38)39)41-31-16(11-8-42-22(24)29-11)20(37)30-15-10(28-19(15)36)6-26-18(35)9-3-4-25-17(27-9)12-5-13(33)14(34)7-32(12)40/h3-5,7,10-11,15,34,40H,6,8H2,1-2H3,(H2,24,29)(H,26,35)(H,28,36)(H,30,37)(H,38,39)/b31-16-/t10-,11?,15+/m1/s1. The van der Waals surface area contributed by atoms with E-state index in [1.807, 2.05) is 0 Å². The van der Waals surface area contributed by atoms with Crippen LogP contribution >= 0.6 is 11.8 Å². The van der Waals surface area contributed by atoms with E-state index >= 15 is 0 Å². The van der Waals surface area contributed by atoms with Crippen molar-refractivity contribution in [2.45, 2.75) is 37.6 Å². The van der Waals surface area contributed by atoms with Crippen molar-refractivity contribution in [3.8, 4) is 17.3 Å². The number of aliphatic carboxylic acids is 1. The first-order valence-corrected chi connectivity index (χ1v) is 13.1. The molecule has 8 N–H and O–H groups in total. The van der Waals surface area contributed by atoms with Gasteiger partial charge in [0.25, 0.3) is 11.8 Å². The van der Waals surface area contributed by atoms with E-state index in [0.29, 0.717) is 4.73 Å². The number of rotatable bonds is 10. The number of carboxylic acid groups (broad SMARTS) is 1. The van der Waals surface area contributed by atoms with Gasteiger partial charge in [-0.1, -0.05) is 16.9 Å². The maximum Gasteiger partial charge on any atom is 0.350 e. The number of nitrogens with zero attached hydrogens (tertiary/aromatic N) is 5. The lowest BCUT2D eigenvalue weighted by atomic mass is 9.98. The number of aromatic nitrogens is 3. The van der Waals surface area contributed by atoms with Crippen LogP contribution in [-0.4, -0.2) is 101 Å². The summed E-state index contributed by atoms with van der Waals surface area (Å²) in [6.07, 6.45) is 1.97. The molecule has 2 aromatic rings. The van der Waals surface area contributed by atoms with Gasteiger partial charge in [0.05, 0.1) is 12.2 Å². The van der Waals surface area contributed by atoms with Crippen LogP contribution in [0.2, 0.25) is 0 Å². The van der Waals surface area contributed by atoms with E-state index < -0.39 is 58.6 Å². The van der Waals surface area contributed by atoms with Crippen LogP contribution in [0.25, 0.3) is 11.5 Å². The number of amides is 3. The van der Waals surface area contributed by atoms with Gasteiger partial charge in [0.1, 0.15) is 23.5 Å². The Hall–Kier alpha value is -5.20. The predicted octanol–water partition coefficient (Wildman–Crippen LogP) is -2.37. The molecular formula is C23H25N9O9S. The first kappa shape index (κ1) is 29.8.